The normalized spacial score (nSPS) is 17.8. The number of methoxy groups -OCH3 is 1. The van der Waals surface area contributed by atoms with Crippen molar-refractivity contribution in [1.82, 2.24) is 5.32 Å². The van der Waals surface area contributed by atoms with Gasteiger partial charge >= 0.3 is 0 Å². The molecule has 0 amide bonds. The first-order valence-electron chi connectivity index (χ1n) is 7.44. The number of ether oxygens (including phenoxy) is 2. The van der Waals surface area contributed by atoms with Crippen molar-refractivity contribution in [3.63, 3.8) is 0 Å². The molecule has 0 radical (unpaired) electrons. The van der Waals surface area contributed by atoms with Gasteiger partial charge in [-0.15, -0.1) is 0 Å². The van der Waals surface area contributed by atoms with Gasteiger partial charge in [-0.05, 0) is 55.5 Å². The molecule has 2 N–H and O–H groups in total. The lowest BCUT2D eigenvalue weighted by Crippen LogP contribution is -2.26. The van der Waals surface area contributed by atoms with Crippen LogP contribution in [0, 0.1) is 0 Å². The van der Waals surface area contributed by atoms with Gasteiger partial charge in [0.15, 0.2) is 0 Å². The van der Waals surface area contributed by atoms with Crippen LogP contribution in [0.2, 0.25) is 0 Å². The third kappa shape index (κ3) is 4.20. The number of aryl methyl sites for hydroxylation is 1. The quantitative estimate of drug-likeness (QED) is 0.715. The summed E-state index contributed by atoms with van der Waals surface area (Å²) in [5.74, 6) is 0.946. The minimum atomic E-state index is 0.102. The van der Waals surface area contributed by atoms with E-state index in [2.05, 4.69) is 17.4 Å². The molecule has 0 bridgehead atoms. The summed E-state index contributed by atoms with van der Waals surface area (Å²) >= 11 is 0. The maximum atomic E-state index is 8.63. The third-order valence-electron chi connectivity index (χ3n) is 3.76. The first kappa shape index (κ1) is 15.3. The largest absolute Gasteiger partial charge is 0.497 e. The van der Waals surface area contributed by atoms with E-state index in [4.69, 9.17) is 14.6 Å². The summed E-state index contributed by atoms with van der Waals surface area (Å²) in [6.07, 6.45) is 4.53. The molecule has 1 aliphatic carbocycles. The van der Waals surface area contributed by atoms with Crippen LogP contribution in [-0.2, 0) is 11.2 Å². The van der Waals surface area contributed by atoms with Crippen molar-refractivity contribution in [3.8, 4) is 5.75 Å². The van der Waals surface area contributed by atoms with Crippen LogP contribution in [0.4, 0.5) is 0 Å². The maximum Gasteiger partial charge on any atom is 0.119 e. The summed E-state index contributed by atoms with van der Waals surface area (Å²) in [5.41, 5.74) is 2.82. The minimum Gasteiger partial charge on any atom is -0.497 e. The number of hydrogen-bond acceptors (Lipinski definition) is 4. The fraction of sp³-hybridized carbons (Fsp3) is 0.625. The van der Waals surface area contributed by atoms with E-state index >= 15 is 0 Å². The van der Waals surface area contributed by atoms with Crippen LogP contribution in [0.25, 0.3) is 0 Å². The van der Waals surface area contributed by atoms with Crippen molar-refractivity contribution < 1.29 is 14.6 Å². The Morgan fingerprint density at radius 2 is 2.25 bits per heavy atom. The summed E-state index contributed by atoms with van der Waals surface area (Å²) in [5, 5.41) is 12.2. The SMILES string of the molecule is COc1ccc2c(c1)CCCC2NCCCOCCO. The van der Waals surface area contributed by atoms with E-state index in [1.807, 2.05) is 6.07 Å². The van der Waals surface area contributed by atoms with Gasteiger partial charge < -0.3 is 19.9 Å². The topological polar surface area (TPSA) is 50.7 Å². The fourth-order valence-corrected chi connectivity index (χ4v) is 2.75. The monoisotopic (exact) mass is 279 g/mol. The van der Waals surface area contributed by atoms with Crippen molar-refractivity contribution in [1.29, 1.82) is 0 Å². The lowest BCUT2D eigenvalue weighted by molar-refractivity contribution is 0.0903. The second-order valence-electron chi connectivity index (χ2n) is 5.15. The second kappa shape index (κ2) is 8.25. The molecule has 0 aromatic heterocycles. The zero-order chi connectivity index (χ0) is 14.2. The van der Waals surface area contributed by atoms with E-state index in [-0.39, 0.29) is 6.61 Å². The highest BCUT2D eigenvalue weighted by Gasteiger charge is 2.19. The molecule has 112 valence electrons. The molecule has 0 aliphatic heterocycles. The van der Waals surface area contributed by atoms with E-state index in [0.717, 1.165) is 25.1 Å². The van der Waals surface area contributed by atoms with E-state index in [0.29, 0.717) is 19.3 Å². The standard InChI is InChI=1S/C16H25NO3/c1-19-14-6-7-15-13(12-14)4-2-5-16(15)17-8-3-10-20-11-9-18/h6-7,12,16-18H,2-5,8-11H2,1H3. The van der Waals surface area contributed by atoms with Crippen molar-refractivity contribution in [2.75, 3.05) is 33.5 Å². The highest BCUT2D eigenvalue weighted by atomic mass is 16.5. The summed E-state index contributed by atoms with van der Waals surface area (Å²) in [6, 6.07) is 6.84. The first-order valence-corrected chi connectivity index (χ1v) is 7.44. The molecule has 4 nitrogen and oxygen atoms in total. The maximum absolute atomic E-state index is 8.63. The molecule has 0 fully saturated rings. The van der Waals surface area contributed by atoms with Gasteiger partial charge in [-0.3, -0.25) is 0 Å². The number of rotatable bonds is 8. The average molecular weight is 279 g/mol. The summed E-state index contributed by atoms with van der Waals surface area (Å²) < 4.78 is 10.6. The molecule has 1 aromatic rings. The molecular weight excluding hydrogens is 254 g/mol. The highest BCUT2D eigenvalue weighted by Crippen LogP contribution is 2.32. The molecule has 0 saturated carbocycles. The molecule has 4 heteroatoms. The van der Waals surface area contributed by atoms with Crippen LogP contribution in [0.1, 0.15) is 36.4 Å². The molecule has 2 rings (SSSR count). The summed E-state index contributed by atoms with van der Waals surface area (Å²) in [6.45, 7) is 2.19. The molecule has 1 aromatic carbocycles. The van der Waals surface area contributed by atoms with Gasteiger partial charge in [0.2, 0.25) is 0 Å². The fourth-order valence-electron chi connectivity index (χ4n) is 2.75. The number of hydrogen-bond donors (Lipinski definition) is 2. The zero-order valence-corrected chi connectivity index (χ0v) is 12.2. The summed E-state index contributed by atoms with van der Waals surface area (Å²) in [4.78, 5) is 0. The highest BCUT2D eigenvalue weighted by molar-refractivity contribution is 5.39. The Labute approximate surface area is 121 Å². The number of aliphatic hydroxyl groups is 1. The van der Waals surface area contributed by atoms with Crippen molar-refractivity contribution in [3.05, 3.63) is 29.3 Å². The first-order chi connectivity index (χ1) is 9.85. The predicted octanol–water partition coefficient (Wildman–Crippen LogP) is 2.06. The summed E-state index contributed by atoms with van der Waals surface area (Å²) in [7, 11) is 1.71. The molecule has 20 heavy (non-hydrogen) atoms. The Balaban J connectivity index is 1.82. The molecule has 1 atom stereocenters. The Morgan fingerprint density at radius 1 is 1.35 bits per heavy atom. The van der Waals surface area contributed by atoms with Gasteiger partial charge in [-0.1, -0.05) is 6.07 Å². The smallest absolute Gasteiger partial charge is 0.119 e. The van der Waals surface area contributed by atoms with Crippen LogP contribution in [0.5, 0.6) is 5.75 Å². The molecule has 0 spiro atoms. The number of aliphatic hydroxyl groups excluding tert-OH is 1. The average Bonchev–Trinajstić information content (AvgIpc) is 2.50. The number of benzene rings is 1. The lowest BCUT2D eigenvalue weighted by Gasteiger charge is -2.27. The van der Waals surface area contributed by atoms with Crippen LogP contribution >= 0.6 is 0 Å². The van der Waals surface area contributed by atoms with Gasteiger partial charge in [-0.25, -0.2) is 0 Å². The van der Waals surface area contributed by atoms with Gasteiger partial charge in [0.25, 0.3) is 0 Å². The molecule has 0 heterocycles. The Hall–Kier alpha value is -1.10. The molecule has 0 saturated heterocycles. The molecular formula is C16H25NO3. The van der Waals surface area contributed by atoms with Crippen LogP contribution in [0.3, 0.4) is 0 Å². The third-order valence-corrected chi connectivity index (χ3v) is 3.76. The predicted molar refractivity (Wildman–Crippen MR) is 79.2 cm³/mol. The van der Waals surface area contributed by atoms with Gasteiger partial charge in [0.1, 0.15) is 5.75 Å². The van der Waals surface area contributed by atoms with E-state index in [9.17, 15) is 0 Å². The van der Waals surface area contributed by atoms with E-state index in [1.54, 1.807) is 7.11 Å². The van der Waals surface area contributed by atoms with E-state index < -0.39 is 0 Å². The van der Waals surface area contributed by atoms with Crippen LogP contribution < -0.4 is 10.1 Å². The van der Waals surface area contributed by atoms with Gasteiger partial charge in [0, 0.05) is 12.6 Å². The van der Waals surface area contributed by atoms with Crippen LogP contribution in [-0.4, -0.2) is 38.6 Å². The minimum absolute atomic E-state index is 0.102. The number of nitrogens with one attached hydrogen (secondary N) is 1. The van der Waals surface area contributed by atoms with Gasteiger partial charge in [-0.2, -0.15) is 0 Å². The molecule has 1 aliphatic rings. The van der Waals surface area contributed by atoms with E-state index in [1.165, 1.54) is 24.0 Å². The Kier molecular flexibility index (Phi) is 6.30. The second-order valence-corrected chi connectivity index (χ2v) is 5.15. The number of fused-ring (bicyclic) bond motifs is 1. The van der Waals surface area contributed by atoms with Crippen molar-refractivity contribution in [2.24, 2.45) is 0 Å². The lowest BCUT2D eigenvalue weighted by atomic mass is 9.87. The van der Waals surface area contributed by atoms with Crippen molar-refractivity contribution >= 4 is 0 Å². The van der Waals surface area contributed by atoms with Crippen LogP contribution in [0.15, 0.2) is 18.2 Å². The molecule has 1 unspecified atom stereocenters. The zero-order valence-electron chi connectivity index (χ0n) is 12.2. The Bertz CT molecular complexity index is 409. The Morgan fingerprint density at radius 3 is 3.05 bits per heavy atom. The van der Waals surface area contributed by atoms with Gasteiger partial charge in [0.05, 0.1) is 20.3 Å². The van der Waals surface area contributed by atoms with Crippen molar-refractivity contribution in [2.45, 2.75) is 31.7 Å².